The summed E-state index contributed by atoms with van der Waals surface area (Å²) in [5, 5.41) is 9.56. The van der Waals surface area contributed by atoms with E-state index in [1.807, 2.05) is 13.8 Å². The monoisotopic (exact) mass is 154 g/mol. The summed E-state index contributed by atoms with van der Waals surface area (Å²) in [5.41, 5.74) is -1.60. The van der Waals surface area contributed by atoms with Gasteiger partial charge in [-0.1, -0.05) is 19.9 Å². The van der Waals surface area contributed by atoms with E-state index in [1.165, 1.54) is 0 Å². The number of ketones is 1. The third-order valence-corrected chi connectivity index (χ3v) is 2.66. The summed E-state index contributed by atoms with van der Waals surface area (Å²) >= 11 is 0. The maximum absolute atomic E-state index is 11.3. The average Bonchev–Trinajstić information content (AvgIpc) is 1.86. The largest absolute Gasteiger partial charge is 0.382 e. The van der Waals surface area contributed by atoms with Gasteiger partial charge < -0.3 is 5.11 Å². The Labute approximate surface area is 66.9 Å². The molecule has 0 saturated heterocycles. The van der Waals surface area contributed by atoms with E-state index in [9.17, 15) is 9.90 Å². The van der Waals surface area contributed by atoms with Crippen LogP contribution >= 0.6 is 0 Å². The number of rotatable bonds is 1. The number of aliphatic hydroxyl groups is 1. The summed E-state index contributed by atoms with van der Waals surface area (Å²) in [6.07, 6.45) is 1.65. The van der Waals surface area contributed by atoms with Crippen molar-refractivity contribution < 1.29 is 9.90 Å². The van der Waals surface area contributed by atoms with E-state index in [0.29, 0.717) is 0 Å². The topological polar surface area (TPSA) is 37.3 Å². The minimum absolute atomic E-state index is 0.0881. The van der Waals surface area contributed by atoms with Crippen molar-refractivity contribution in [3.63, 3.8) is 0 Å². The molecule has 0 amide bonds. The molecule has 2 unspecified atom stereocenters. The fraction of sp³-hybridized carbons (Fsp3) is 0.667. The Balaban J connectivity index is 2.96. The van der Waals surface area contributed by atoms with Crippen molar-refractivity contribution in [2.24, 2.45) is 11.3 Å². The second-order valence-corrected chi connectivity index (χ2v) is 3.91. The van der Waals surface area contributed by atoms with Gasteiger partial charge in [0.25, 0.3) is 0 Å². The van der Waals surface area contributed by atoms with Gasteiger partial charge >= 0.3 is 0 Å². The van der Waals surface area contributed by atoms with Crippen LogP contribution in [0.15, 0.2) is 12.7 Å². The maximum atomic E-state index is 11.3. The second kappa shape index (κ2) is 1.95. The highest BCUT2D eigenvalue weighted by Crippen LogP contribution is 2.50. The average molecular weight is 154 g/mol. The van der Waals surface area contributed by atoms with Crippen LogP contribution in [0.4, 0.5) is 0 Å². The van der Waals surface area contributed by atoms with Crippen LogP contribution in [0.2, 0.25) is 0 Å². The van der Waals surface area contributed by atoms with Crippen molar-refractivity contribution >= 4 is 5.78 Å². The van der Waals surface area contributed by atoms with Gasteiger partial charge in [0.15, 0.2) is 5.78 Å². The Bertz CT molecular complexity index is 196. The van der Waals surface area contributed by atoms with Crippen LogP contribution in [0.3, 0.4) is 0 Å². The van der Waals surface area contributed by atoms with Crippen molar-refractivity contribution in [1.82, 2.24) is 0 Å². The molecule has 0 spiro atoms. The molecule has 0 aromatic heterocycles. The van der Waals surface area contributed by atoms with Gasteiger partial charge in [-0.3, -0.25) is 4.79 Å². The summed E-state index contributed by atoms with van der Waals surface area (Å²) in [5.74, 6) is -0.197. The van der Waals surface area contributed by atoms with Crippen molar-refractivity contribution in [2.45, 2.75) is 26.4 Å². The Hall–Kier alpha value is -0.630. The predicted octanol–water partition coefficient (Wildman–Crippen LogP) is 1.15. The quantitative estimate of drug-likeness (QED) is 0.575. The molecule has 1 N–H and O–H groups in total. The third-order valence-electron chi connectivity index (χ3n) is 2.66. The number of Topliss-reactive ketones (excluding diaryl/α,β-unsaturated/α-hetero) is 1. The van der Waals surface area contributed by atoms with Crippen LogP contribution in [0, 0.1) is 11.3 Å². The molecule has 0 heterocycles. The molecular formula is C9H14O2. The van der Waals surface area contributed by atoms with E-state index in [1.54, 1.807) is 13.0 Å². The minimum Gasteiger partial charge on any atom is -0.382 e. The number of hydrogen-bond donors (Lipinski definition) is 1. The number of hydrogen-bond acceptors (Lipinski definition) is 2. The molecule has 62 valence electrons. The van der Waals surface area contributed by atoms with Crippen molar-refractivity contribution in [3.8, 4) is 0 Å². The van der Waals surface area contributed by atoms with Crippen LogP contribution in [0.1, 0.15) is 20.8 Å². The van der Waals surface area contributed by atoms with Crippen LogP contribution in [-0.4, -0.2) is 16.5 Å². The first kappa shape index (κ1) is 8.47. The predicted molar refractivity (Wildman–Crippen MR) is 43.1 cm³/mol. The van der Waals surface area contributed by atoms with Crippen LogP contribution in [-0.2, 0) is 4.79 Å². The van der Waals surface area contributed by atoms with E-state index >= 15 is 0 Å². The molecule has 1 rings (SSSR count). The van der Waals surface area contributed by atoms with Gasteiger partial charge in [0.1, 0.15) is 5.60 Å². The molecule has 0 aromatic rings. The lowest BCUT2D eigenvalue weighted by Crippen LogP contribution is -2.65. The first-order valence-electron chi connectivity index (χ1n) is 3.75. The molecule has 0 bridgehead atoms. The lowest BCUT2D eigenvalue weighted by atomic mass is 9.52. The van der Waals surface area contributed by atoms with Crippen LogP contribution < -0.4 is 0 Å². The molecule has 1 aliphatic carbocycles. The molecule has 2 heteroatoms. The van der Waals surface area contributed by atoms with E-state index in [0.717, 1.165) is 0 Å². The summed E-state index contributed by atoms with van der Waals surface area (Å²) in [6, 6.07) is 0. The van der Waals surface area contributed by atoms with Gasteiger partial charge in [-0.15, -0.1) is 6.58 Å². The molecule has 0 radical (unpaired) electrons. The molecule has 1 saturated carbocycles. The van der Waals surface area contributed by atoms with Crippen molar-refractivity contribution in [3.05, 3.63) is 12.7 Å². The van der Waals surface area contributed by atoms with Gasteiger partial charge in [0, 0.05) is 11.3 Å². The minimum atomic E-state index is -1.18. The lowest BCUT2D eigenvalue weighted by Gasteiger charge is -2.52. The highest BCUT2D eigenvalue weighted by molar-refractivity contribution is 5.99. The molecule has 11 heavy (non-hydrogen) atoms. The van der Waals surface area contributed by atoms with Crippen molar-refractivity contribution in [1.29, 1.82) is 0 Å². The first-order chi connectivity index (χ1) is 4.85. The Morgan fingerprint density at radius 3 is 2.18 bits per heavy atom. The SMILES string of the molecule is C=CC1C(C)(C)C(=O)C1(C)O. The summed E-state index contributed by atoms with van der Waals surface area (Å²) < 4.78 is 0. The van der Waals surface area contributed by atoms with Gasteiger partial charge in [-0.25, -0.2) is 0 Å². The summed E-state index contributed by atoms with van der Waals surface area (Å²) in [7, 11) is 0. The second-order valence-electron chi connectivity index (χ2n) is 3.91. The standard InChI is InChI=1S/C9H14O2/c1-5-6-8(2,3)7(10)9(6,4)11/h5-6,11H,1H2,2-4H3. The molecule has 2 atom stereocenters. The highest BCUT2D eigenvalue weighted by atomic mass is 16.3. The summed E-state index contributed by atoms with van der Waals surface area (Å²) in [6.45, 7) is 8.81. The Morgan fingerprint density at radius 1 is 1.55 bits per heavy atom. The van der Waals surface area contributed by atoms with E-state index < -0.39 is 11.0 Å². The zero-order chi connectivity index (χ0) is 8.86. The van der Waals surface area contributed by atoms with E-state index in [2.05, 4.69) is 6.58 Å². The number of carbonyl (C=O) groups excluding carboxylic acids is 1. The molecule has 0 aromatic carbocycles. The molecule has 0 aliphatic heterocycles. The normalized spacial score (nSPS) is 41.5. The lowest BCUT2D eigenvalue weighted by molar-refractivity contribution is -0.180. The Morgan fingerprint density at radius 2 is 2.00 bits per heavy atom. The first-order valence-corrected chi connectivity index (χ1v) is 3.75. The summed E-state index contributed by atoms with van der Waals surface area (Å²) in [4.78, 5) is 11.3. The molecule has 2 nitrogen and oxygen atoms in total. The fourth-order valence-corrected chi connectivity index (χ4v) is 2.08. The smallest absolute Gasteiger partial charge is 0.170 e. The Kier molecular flexibility index (Phi) is 1.50. The van der Waals surface area contributed by atoms with Gasteiger partial charge in [-0.2, -0.15) is 0 Å². The van der Waals surface area contributed by atoms with E-state index in [4.69, 9.17) is 0 Å². The third kappa shape index (κ3) is 0.791. The van der Waals surface area contributed by atoms with Crippen LogP contribution in [0.25, 0.3) is 0 Å². The van der Waals surface area contributed by atoms with Crippen molar-refractivity contribution in [2.75, 3.05) is 0 Å². The van der Waals surface area contributed by atoms with Crippen LogP contribution in [0.5, 0.6) is 0 Å². The zero-order valence-electron chi connectivity index (χ0n) is 7.22. The zero-order valence-corrected chi connectivity index (χ0v) is 7.22. The maximum Gasteiger partial charge on any atom is 0.170 e. The fourth-order valence-electron chi connectivity index (χ4n) is 2.08. The van der Waals surface area contributed by atoms with Gasteiger partial charge in [0.05, 0.1) is 0 Å². The van der Waals surface area contributed by atoms with Gasteiger partial charge in [0.2, 0.25) is 0 Å². The highest BCUT2D eigenvalue weighted by Gasteiger charge is 2.61. The van der Waals surface area contributed by atoms with Gasteiger partial charge in [-0.05, 0) is 6.92 Å². The molecule has 1 fully saturated rings. The van der Waals surface area contributed by atoms with E-state index in [-0.39, 0.29) is 11.7 Å². The molecule has 1 aliphatic rings. The molecular weight excluding hydrogens is 140 g/mol. The number of carbonyl (C=O) groups is 1.